The molecular formula is C37H30ClFN4O3. The third-order valence-corrected chi connectivity index (χ3v) is 8.26. The summed E-state index contributed by atoms with van der Waals surface area (Å²) >= 11 is 6.81. The number of aromatic nitrogens is 1. The fourth-order valence-corrected chi connectivity index (χ4v) is 5.91. The highest BCUT2D eigenvalue weighted by Gasteiger charge is 2.28. The molecule has 4 aromatic carbocycles. The third-order valence-electron chi connectivity index (χ3n) is 7.97. The van der Waals surface area contributed by atoms with Gasteiger partial charge in [-0.05, 0) is 65.4 Å². The van der Waals surface area contributed by atoms with Crippen molar-refractivity contribution in [3.8, 4) is 28.7 Å². The minimum absolute atomic E-state index is 0.184. The number of carbonyl (C=O) groups is 1. The molecule has 5 aromatic rings. The zero-order valence-electron chi connectivity index (χ0n) is 24.8. The molecule has 0 bridgehead atoms. The van der Waals surface area contributed by atoms with Gasteiger partial charge in [-0.25, -0.2) is 4.39 Å². The number of ether oxygens (including phenoxy) is 2. The third kappa shape index (κ3) is 6.86. The maximum Gasteiger partial charge on any atom is 0.248 e. The van der Waals surface area contributed by atoms with Gasteiger partial charge >= 0.3 is 0 Å². The van der Waals surface area contributed by atoms with Gasteiger partial charge in [0.15, 0.2) is 0 Å². The number of carbonyl (C=O) groups excluding carboxylic acids is 1. The van der Waals surface area contributed by atoms with Crippen LogP contribution in [0.25, 0.3) is 11.1 Å². The zero-order valence-corrected chi connectivity index (χ0v) is 25.6. The van der Waals surface area contributed by atoms with Crippen molar-refractivity contribution in [1.82, 2.24) is 10.3 Å². The Labute approximate surface area is 271 Å². The molecule has 3 N–H and O–H groups in total. The van der Waals surface area contributed by atoms with E-state index in [2.05, 4.69) is 16.4 Å². The lowest BCUT2D eigenvalue weighted by atomic mass is 9.96. The van der Waals surface area contributed by atoms with E-state index in [0.29, 0.717) is 46.3 Å². The predicted octanol–water partition coefficient (Wildman–Crippen LogP) is 7.45. The molecule has 0 saturated heterocycles. The van der Waals surface area contributed by atoms with Crippen LogP contribution in [0, 0.1) is 17.1 Å². The number of pyridine rings is 1. The molecule has 1 amide bonds. The summed E-state index contributed by atoms with van der Waals surface area (Å²) in [6.45, 7) is 1.15. The maximum atomic E-state index is 14.7. The molecular weight excluding hydrogens is 603 g/mol. The van der Waals surface area contributed by atoms with Crippen molar-refractivity contribution in [2.45, 2.75) is 38.6 Å². The summed E-state index contributed by atoms with van der Waals surface area (Å²) in [4.78, 5) is 15.5. The van der Waals surface area contributed by atoms with E-state index in [0.717, 1.165) is 46.2 Å². The van der Waals surface area contributed by atoms with Gasteiger partial charge in [0.1, 0.15) is 36.1 Å². The number of nitriles is 1. The van der Waals surface area contributed by atoms with E-state index in [1.54, 1.807) is 42.6 Å². The van der Waals surface area contributed by atoms with E-state index in [1.165, 1.54) is 12.3 Å². The molecule has 1 atom stereocenters. The number of halogens is 2. The number of benzene rings is 4. The van der Waals surface area contributed by atoms with E-state index in [-0.39, 0.29) is 18.5 Å². The van der Waals surface area contributed by atoms with Crippen LogP contribution in [-0.4, -0.2) is 10.9 Å². The molecule has 9 heteroatoms. The highest BCUT2D eigenvalue weighted by Crippen LogP contribution is 2.43. The molecule has 0 spiro atoms. The molecule has 6 rings (SSSR count). The van der Waals surface area contributed by atoms with Crippen LogP contribution in [0.15, 0.2) is 97.3 Å². The van der Waals surface area contributed by atoms with Crippen molar-refractivity contribution in [3.05, 3.63) is 147 Å². The molecule has 0 radical (unpaired) electrons. The average molecular weight is 633 g/mol. The topological polar surface area (TPSA) is 110 Å². The molecule has 46 heavy (non-hydrogen) atoms. The second-order valence-electron chi connectivity index (χ2n) is 11.0. The minimum atomic E-state index is -0.472. The largest absolute Gasteiger partial charge is 0.488 e. The van der Waals surface area contributed by atoms with Gasteiger partial charge in [0.25, 0.3) is 0 Å². The summed E-state index contributed by atoms with van der Waals surface area (Å²) in [6.07, 6.45) is 4.36. The first-order valence-electron chi connectivity index (χ1n) is 14.8. The number of amides is 1. The Bertz CT molecular complexity index is 1940. The Morgan fingerprint density at radius 2 is 1.78 bits per heavy atom. The maximum absolute atomic E-state index is 14.7. The number of nitrogens with one attached hydrogen (secondary N) is 1. The monoisotopic (exact) mass is 632 g/mol. The van der Waals surface area contributed by atoms with E-state index in [9.17, 15) is 14.4 Å². The molecule has 1 aromatic heterocycles. The summed E-state index contributed by atoms with van der Waals surface area (Å²) in [5.41, 5.74) is 12.3. The van der Waals surface area contributed by atoms with Crippen LogP contribution >= 0.6 is 11.6 Å². The molecule has 0 saturated carbocycles. The summed E-state index contributed by atoms with van der Waals surface area (Å²) in [7, 11) is 0. The Kier molecular flexibility index (Phi) is 9.25. The number of nitrogens with zero attached hydrogens (tertiary/aromatic N) is 2. The molecule has 7 nitrogen and oxygen atoms in total. The van der Waals surface area contributed by atoms with Crippen molar-refractivity contribution >= 4 is 17.5 Å². The lowest BCUT2D eigenvalue weighted by molar-refractivity contribution is 0.1000. The van der Waals surface area contributed by atoms with Crippen molar-refractivity contribution in [3.63, 3.8) is 0 Å². The normalized spacial score (nSPS) is 13.5. The van der Waals surface area contributed by atoms with E-state index in [4.69, 9.17) is 26.8 Å². The molecule has 230 valence electrons. The zero-order chi connectivity index (χ0) is 32.0. The van der Waals surface area contributed by atoms with Gasteiger partial charge in [0.2, 0.25) is 5.91 Å². The lowest BCUT2D eigenvalue weighted by Crippen LogP contribution is -2.15. The van der Waals surface area contributed by atoms with E-state index >= 15 is 0 Å². The van der Waals surface area contributed by atoms with Crippen molar-refractivity contribution in [1.29, 1.82) is 5.26 Å². The Balaban J connectivity index is 1.24. The molecule has 1 aliphatic rings. The lowest BCUT2D eigenvalue weighted by Gasteiger charge is -2.20. The van der Waals surface area contributed by atoms with Gasteiger partial charge in [-0.2, -0.15) is 5.26 Å². The van der Waals surface area contributed by atoms with E-state index < -0.39 is 5.91 Å². The van der Waals surface area contributed by atoms with Crippen LogP contribution in [0.1, 0.15) is 56.3 Å². The Hall–Kier alpha value is -5.23. The van der Waals surface area contributed by atoms with Crippen molar-refractivity contribution in [2.75, 3.05) is 0 Å². The summed E-state index contributed by atoms with van der Waals surface area (Å²) < 4.78 is 27.5. The fourth-order valence-electron chi connectivity index (χ4n) is 5.68. The second kappa shape index (κ2) is 13.8. The minimum Gasteiger partial charge on any atom is -0.488 e. The number of nitrogens with two attached hydrogens (primary N) is 1. The van der Waals surface area contributed by atoms with Gasteiger partial charge in [-0.1, -0.05) is 60.1 Å². The van der Waals surface area contributed by atoms with Crippen molar-refractivity contribution in [2.24, 2.45) is 5.73 Å². The van der Waals surface area contributed by atoms with Crippen LogP contribution in [0.3, 0.4) is 0 Å². The summed E-state index contributed by atoms with van der Waals surface area (Å²) in [6, 6.07) is 27.2. The standard InChI is InChI=1S/C37H30ClFN4O3/c38-32-15-27(21-43-18-23-8-10-26(11-9-23)37(41)44)35(45-22-25-14-24(17-40)19-42-20-25)16-36(32)46-34-13-12-29-28(5-3-6-31(29)34)30-4-1-2-7-33(30)39/h1-11,14-16,19-20,34,43H,12-13,18,21-22H2,(H2,41,44). The first-order chi connectivity index (χ1) is 22.4. The highest BCUT2D eigenvalue weighted by molar-refractivity contribution is 6.32. The summed E-state index contributed by atoms with van der Waals surface area (Å²) in [5, 5.41) is 13.1. The van der Waals surface area contributed by atoms with Gasteiger partial charge in [-0.3, -0.25) is 9.78 Å². The van der Waals surface area contributed by atoms with Gasteiger partial charge in [0.05, 0.1) is 10.6 Å². The molecule has 1 unspecified atom stereocenters. The molecule has 0 fully saturated rings. The number of rotatable bonds is 11. The predicted molar refractivity (Wildman–Crippen MR) is 174 cm³/mol. The van der Waals surface area contributed by atoms with Crippen LogP contribution in [-0.2, 0) is 26.1 Å². The quantitative estimate of drug-likeness (QED) is 0.157. The number of hydrogen-bond donors (Lipinski definition) is 2. The number of fused-ring (bicyclic) bond motifs is 1. The van der Waals surface area contributed by atoms with Gasteiger partial charge in [0, 0.05) is 53.8 Å². The van der Waals surface area contributed by atoms with E-state index in [1.807, 2.05) is 42.5 Å². The SMILES string of the molecule is N#Cc1cncc(COc2cc(OC3CCc4c(-c5ccccc5F)cccc43)c(Cl)cc2CNCc2ccc(C(N)=O)cc2)c1. The Morgan fingerprint density at radius 3 is 2.57 bits per heavy atom. The fraction of sp³-hybridized carbons (Fsp3) is 0.162. The average Bonchev–Trinajstić information content (AvgIpc) is 3.48. The van der Waals surface area contributed by atoms with Crippen LogP contribution in [0.5, 0.6) is 11.5 Å². The van der Waals surface area contributed by atoms with Crippen LogP contribution < -0.4 is 20.5 Å². The van der Waals surface area contributed by atoms with Crippen molar-refractivity contribution < 1.29 is 18.7 Å². The first kappa shape index (κ1) is 30.8. The van der Waals surface area contributed by atoms with Crippen LogP contribution in [0.4, 0.5) is 4.39 Å². The van der Waals surface area contributed by atoms with Crippen LogP contribution in [0.2, 0.25) is 5.02 Å². The molecule has 1 aliphatic carbocycles. The second-order valence-corrected chi connectivity index (χ2v) is 11.4. The Morgan fingerprint density at radius 1 is 0.978 bits per heavy atom. The van der Waals surface area contributed by atoms with Gasteiger partial charge < -0.3 is 20.5 Å². The highest BCUT2D eigenvalue weighted by atomic mass is 35.5. The first-order valence-corrected chi connectivity index (χ1v) is 15.2. The number of hydrogen-bond acceptors (Lipinski definition) is 6. The molecule has 0 aliphatic heterocycles. The smallest absolute Gasteiger partial charge is 0.248 e. The molecule has 1 heterocycles. The summed E-state index contributed by atoms with van der Waals surface area (Å²) in [5.74, 6) is 0.310. The van der Waals surface area contributed by atoms with Gasteiger partial charge in [-0.15, -0.1) is 0 Å². The number of primary amides is 1.